The van der Waals surface area contributed by atoms with Gasteiger partial charge in [0.25, 0.3) is 0 Å². The van der Waals surface area contributed by atoms with Crippen molar-refractivity contribution < 1.29 is 4.74 Å². The van der Waals surface area contributed by atoms with Gasteiger partial charge in [0, 0.05) is 7.11 Å². The van der Waals surface area contributed by atoms with Crippen LogP contribution in [0.1, 0.15) is 63.9 Å². The molecule has 0 amide bonds. The lowest BCUT2D eigenvalue weighted by atomic mass is 9.92. The fourth-order valence-electron chi connectivity index (χ4n) is 3.06. The number of halogens is 1. The summed E-state index contributed by atoms with van der Waals surface area (Å²) < 4.78 is 6.74. The first kappa shape index (κ1) is 16.7. The van der Waals surface area contributed by atoms with Gasteiger partial charge in [-0.15, -0.1) is 0 Å². The van der Waals surface area contributed by atoms with Gasteiger partial charge in [-0.05, 0) is 41.1 Å². The van der Waals surface area contributed by atoms with E-state index >= 15 is 0 Å². The van der Waals surface area contributed by atoms with Crippen LogP contribution in [0.5, 0.6) is 0 Å². The predicted octanol–water partition coefficient (Wildman–Crippen LogP) is 4.22. The quantitative estimate of drug-likeness (QED) is 0.821. The second-order valence-electron chi connectivity index (χ2n) is 6.40. The van der Waals surface area contributed by atoms with Crippen LogP contribution in [-0.2, 0) is 16.8 Å². The van der Waals surface area contributed by atoms with Crippen molar-refractivity contribution in [3.63, 3.8) is 0 Å². The van der Waals surface area contributed by atoms with Crippen LogP contribution in [0.2, 0.25) is 0 Å². The second kappa shape index (κ2) is 7.05. The number of methoxy groups -OCH3 is 1. The number of hydrogen-bond donors (Lipinski definition) is 1. The molecule has 2 N–H and O–H groups in total. The summed E-state index contributed by atoms with van der Waals surface area (Å²) in [5, 5.41) is 0. The average Bonchev–Trinajstić information content (AvgIpc) is 2.69. The minimum absolute atomic E-state index is 0.364. The maximum absolute atomic E-state index is 6.10. The normalized spacial score (nSPS) is 18.7. The molecule has 1 saturated carbocycles. The number of nitrogen functional groups attached to an aromatic ring is 1. The lowest BCUT2D eigenvalue weighted by Gasteiger charge is -2.30. The molecule has 0 aliphatic heterocycles. The molecule has 0 unspecified atom stereocenters. The molecule has 1 fully saturated rings. The van der Waals surface area contributed by atoms with Crippen molar-refractivity contribution in [3.05, 3.63) is 16.0 Å². The Morgan fingerprint density at radius 1 is 1.19 bits per heavy atom. The molecule has 1 aliphatic carbocycles. The van der Waals surface area contributed by atoms with Crippen LogP contribution in [0.15, 0.2) is 4.47 Å². The maximum atomic E-state index is 6.10. The number of anilines is 1. The van der Waals surface area contributed by atoms with E-state index in [1.165, 1.54) is 12.8 Å². The molecule has 0 aromatic carbocycles. The van der Waals surface area contributed by atoms with E-state index in [4.69, 9.17) is 15.5 Å². The van der Waals surface area contributed by atoms with Crippen LogP contribution < -0.4 is 5.73 Å². The number of nitrogens with two attached hydrogens (primary N) is 1. The van der Waals surface area contributed by atoms with Crippen molar-refractivity contribution in [3.8, 4) is 0 Å². The summed E-state index contributed by atoms with van der Waals surface area (Å²) in [6, 6.07) is 0. The Labute approximate surface area is 136 Å². The van der Waals surface area contributed by atoms with E-state index in [1.807, 2.05) is 0 Å². The number of rotatable bonds is 4. The first-order valence-electron chi connectivity index (χ1n) is 7.86. The molecule has 21 heavy (non-hydrogen) atoms. The summed E-state index contributed by atoms with van der Waals surface area (Å²) in [6.07, 6.45) is 7.68. The SMILES string of the molecule is COC1(c2nc(N)c(Br)c(CC(C)C)n2)CCCCCC1. The van der Waals surface area contributed by atoms with Crippen LogP contribution in [0.25, 0.3) is 0 Å². The highest BCUT2D eigenvalue weighted by Gasteiger charge is 2.36. The molecule has 1 aliphatic rings. The van der Waals surface area contributed by atoms with Gasteiger partial charge in [0.15, 0.2) is 5.82 Å². The molecule has 118 valence electrons. The zero-order valence-corrected chi connectivity index (χ0v) is 14.9. The molecule has 0 atom stereocenters. The molecule has 0 bridgehead atoms. The standard InChI is InChI=1S/C16H26BrN3O/c1-11(2)10-12-13(17)14(18)20-15(19-12)16(21-3)8-6-4-5-7-9-16/h11H,4-10H2,1-3H3,(H2,18,19,20). The van der Waals surface area contributed by atoms with Gasteiger partial charge < -0.3 is 10.5 Å². The van der Waals surface area contributed by atoms with Crippen molar-refractivity contribution in [2.75, 3.05) is 12.8 Å². The lowest BCUT2D eigenvalue weighted by Crippen LogP contribution is -2.31. The van der Waals surface area contributed by atoms with E-state index in [2.05, 4.69) is 34.8 Å². The summed E-state index contributed by atoms with van der Waals surface area (Å²) in [4.78, 5) is 9.36. The Morgan fingerprint density at radius 3 is 2.33 bits per heavy atom. The van der Waals surface area contributed by atoms with E-state index in [0.29, 0.717) is 11.7 Å². The predicted molar refractivity (Wildman–Crippen MR) is 89.1 cm³/mol. The van der Waals surface area contributed by atoms with Crippen molar-refractivity contribution >= 4 is 21.7 Å². The van der Waals surface area contributed by atoms with Gasteiger partial charge in [-0.3, -0.25) is 0 Å². The number of aromatic nitrogens is 2. The van der Waals surface area contributed by atoms with Gasteiger partial charge in [-0.25, -0.2) is 9.97 Å². The van der Waals surface area contributed by atoms with Crippen LogP contribution in [0.4, 0.5) is 5.82 Å². The first-order valence-corrected chi connectivity index (χ1v) is 8.65. The van der Waals surface area contributed by atoms with Crippen molar-refractivity contribution in [1.82, 2.24) is 9.97 Å². The van der Waals surface area contributed by atoms with Crippen LogP contribution in [0.3, 0.4) is 0 Å². The summed E-state index contributed by atoms with van der Waals surface area (Å²) in [6.45, 7) is 4.37. The fourth-order valence-corrected chi connectivity index (χ4v) is 3.40. The minimum atomic E-state index is -0.364. The smallest absolute Gasteiger partial charge is 0.162 e. The molecule has 2 rings (SSSR count). The molecule has 1 aromatic heterocycles. The lowest BCUT2D eigenvalue weighted by molar-refractivity contribution is -0.0352. The molecule has 5 heteroatoms. The topological polar surface area (TPSA) is 61.0 Å². The highest BCUT2D eigenvalue weighted by atomic mass is 79.9. The molecule has 1 heterocycles. The third-order valence-electron chi connectivity index (χ3n) is 4.26. The average molecular weight is 356 g/mol. The molecule has 0 radical (unpaired) electrons. The molecule has 4 nitrogen and oxygen atoms in total. The zero-order chi connectivity index (χ0) is 15.5. The summed E-state index contributed by atoms with van der Waals surface area (Å²) in [5.74, 6) is 1.82. The van der Waals surface area contributed by atoms with E-state index in [-0.39, 0.29) is 5.60 Å². The maximum Gasteiger partial charge on any atom is 0.162 e. The first-order chi connectivity index (χ1) is 9.98. The van der Waals surface area contributed by atoms with Crippen molar-refractivity contribution in [2.24, 2.45) is 5.92 Å². The van der Waals surface area contributed by atoms with Crippen molar-refractivity contribution in [2.45, 2.75) is 64.4 Å². The summed E-state index contributed by atoms with van der Waals surface area (Å²) >= 11 is 3.53. The third-order valence-corrected chi connectivity index (χ3v) is 5.12. The zero-order valence-electron chi connectivity index (χ0n) is 13.3. The van der Waals surface area contributed by atoms with Gasteiger partial charge in [-0.1, -0.05) is 39.5 Å². The molecule has 0 spiro atoms. The van der Waals surface area contributed by atoms with E-state index < -0.39 is 0 Å². The van der Waals surface area contributed by atoms with Gasteiger partial charge >= 0.3 is 0 Å². The van der Waals surface area contributed by atoms with Crippen molar-refractivity contribution in [1.29, 1.82) is 0 Å². The summed E-state index contributed by atoms with van der Waals surface area (Å²) in [7, 11) is 1.77. The van der Waals surface area contributed by atoms with E-state index in [0.717, 1.165) is 48.1 Å². The third kappa shape index (κ3) is 3.75. The van der Waals surface area contributed by atoms with Crippen LogP contribution in [-0.4, -0.2) is 17.1 Å². The fraction of sp³-hybridized carbons (Fsp3) is 0.750. The highest BCUT2D eigenvalue weighted by Crippen LogP contribution is 2.38. The minimum Gasteiger partial charge on any atom is -0.383 e. The van der Waals surface area contributed by atoms with Gasteiger partial charge in [0.2, 0.25) is 0 Å². The Morgan fingerprint density at radius 2 is 1.81 bits per heavy atom. The molecular weight excluding hydrogens is 330 g/mol. The monoisotopic (exact) mass is 355 g/mol. The van der Waals surface area contributed by atoms with Gasteiger partial charge in [0.05, 0.1) is 10.2 Å². The van der Waals surface area contributed by atoms with Crippen LogP contribution >= 0.6 is 15.9 Å². The van der Waals surface area contributed by atoms with E-state index in [1.54, 1.807) is 7.11 Å². The van der Waals surface area contributed by atoms with Gasteiger partial charge in [0.1, 0.15) is 11.4 Å². The number of hydrogen-bond acceptors (Lipinski definition) is 4. The molecular formula is C16H26BrN3O. The Balaban J connectivity index is 2.43. The van der Waals surface area contributed by atoms with Gasteiger partial charge in [-0.2, -0.15) is 0 Å². The Bertz CT molecular complexity index is 483. The molecule has 1 aromatic rings. The number of ether oxygens (including phenoxy) is 1. The Kier molecular flexibility index (Phi) is 5.60. The largest absolute Gasteiger partial charge is 0.383 e. The molecule has 0 saturated heterocycles. The number of nitrogens with zero attached hydrogens (tertiary/aromatic N) is 2. The van der Waals surface area contributed by atoms with E-state index in [9.17, 15) is 0 Å². The second-order valence-corrected chi connectivity index (χ2v) is 7.20. The Hall–Kier alpha value is -0.680. The van der Waals surface area contributed by atoms with Crippen LogP contribution in [0, 0.1) is 5.92 Å². The summed E-state index contributed by atoms with van der Waals surface area (Å²) in [5.41, 5.74) is 6.73. The highest BCUT2D eigenvalue weighted by molar-refractivity contribution is 9.10.